The van der Waals surface area contributed by atoms with Crippen LogP contribution in [0.2, 0.25) is 0 Å². The Morgan fingerprint density at radius 1 is 0.871 bits per heavy atom. The zero-order valence-corrected chi connectivity index (χ0v) is 18.1. The van der Waals surface area contributed by atoms with Crippen molar-refractivity contribution in [3.05, 3.63) is 48.0 Å². The standard InChI is InChI=1S/C23H26N2O5S/c26-23-5-2-12-24(23)18-7-9-19(10-8-18)31(27,28)25-13-1-4-20(25)17-6-11-21-22(16-17)30-15-3-14-29-21/h6-11,16,20H,1-5,12-15H2. The number of carbonyl (C=O) groups is 1. The number of carbonyl (C=O) groups excluding carboxylic acids is 1. The zero-order valence-electron chi connectivity index (χ0n) is 17.3. The molecule has 0 aliphatic carbocycles. The molecule has 31 heavy (non-hydrogen) atoms. The van der Waals surface area contributed by atoms with Crippen LogP contribution in [0.25, 0.3) is 0 Å². The summed E-state index contributed by atoms with van der Waals surface area (Å²) in [7, 11) is -3.66. The molecule has 7 nitrogen and oxygen atoms in total. The molecule has 164 valence electrons. The van der Waals surface area contributed by atoms with Gasteiger partial charge >= 0.3 is 0 Å². The van der Waals surface area contributed by atoms with Crippen LogP contribution in [0.4, 0.5) is 5.69 Å². The number of benzene rings is 2. The first-order valence-corrected chi connectivity index (χ1v) is 12.3. The van der Waals surface area contributed by atoms with Gasteiger partial charge in [0.1, 0.15) is 0 Å². The fourth-order valence-corrected chi connectivity index (χ4v) is 6.29. The molecule has 3 aliphatic rings. The maximum Gasteiger partial charge on any atom is 0.243 e. The van der Waals surface area contributed by atoms with E-state index in [4.69, 9.17) is 9.47 Å². The molecular formula is C23H26N2O5S. The zero-order chi connectivity index (χ0) is 21.4. The van der Waals surface area contributed by atoms with E-state index in [2.05, 4.69) is 0 Å². The van der Waals surface area contributed by atoms with Crippen LogP contribution in [0, 0.1) is 0 Å². The van der Waals surface area contributed by atoms with Crippen LogP contribution in [0.15, 0.2) is 47.4 Å². The number of rotatable bonds is 4. The molecule has 0 bridgehead atoms. The lowest BCUT2D eigenvalue weighted by molar-refractivity contribution is -0.117. The summed E-state index contributed by atoms with van der Waals surface area (Å²) < 4.78 is 40.0. The number of fused-ring (bicyclic) bond motifs is 1. The van der Waals surface area contributed by atoms with Gasteiger partial charge in [0.2, 0.25) is 15.9 Å². The van der Waals surface area contributed by atoms with Crippen LogP contribution < -0.4 is 14.4 Å². The number of amides is 1. The Labute approximate surface area is 182 Å². The van der Waals surface area contributed by atoms with Gasteiger partial charge in [0, 0.05) is 31.6 Å². The summed E-state index contributed by atoms with van der Waals surface area (Å²) in [6, 6.07) is 12.2. The minimum atomic E-state index is -3.66. The van der Waals surface area contributed by atoms with Gasteiger partial charge in [0.15, 0.2) is 11.5 Å². The van der Waals surface area contributed by atoms with Crippen molar-refractivity contribution in [3.8, 4) is 11.5 Å². The highest BCUT2D eigenvalue weighted by atomic mass is 32.2. The molecule has 3 aliphatic heterocycles. The Bertz CT molecular complexity index is 1080. The van der Waals surface area contributed by atoms with E-state index in [1.54, 1.807) is 33.5 Å². The van der Waals surface area contributed by atoms with Gasteiger partial charge in [-0.3, -0.25) is 4.79 Å². The SMILES string of the molecule is O=C1CCCN1c1ccc(S(=O)(=O)N2CCCC2c2ccc3c(c2)OCCCO3)cc1. The average molecular weight is 443 g/mol. The van der Waals surface area contributed by atoms with E-state index < -0.39 is 10.0 Å². The average Bonchev–Trinajstić information content (AvgIpc) is 3.38. The van der Waals surface area contributed by atoms with E-state index in [0.717, 1.165) is 36.9 Å². The van der Waals surface area contributed by atoms with Crippen LogP contribution in [-0.4, -0.2) is 44.9 Å². The van der Waals surface area contributed by atoms with Gasteiger partial charge in [0.25, 0.3) is 0 Å². The van der Waals surface area contributed by atoms with Crippen molar-refractivity contribution in [1.82, 2.24) is 4.31 Å². The van der Waals surface area contributed by atoms with E-state index in [1.807, 2.05) is 18.2 Å². The molecule has 8 heteroatoms. The highest BCUT2D eigenvalue weighted by Crippen LogP contribution is 2.40. The summed E-state index contributed by atoms with van der Waals surface area (Å²) in [4.78, 5) is 13.9. The first-order chi connectivity index (χ1) is 15.0. The minimum Gasteiger partial charge on any atom is -0.490 e. The summed E-state index contributed by atoms with van der Waals surface area (Å²) in [6.07, 6.45) is 3.78. The summed E-state index contributed by atoms with van der Waals surface area (Å²) in [5.41, 5.74) is 1.67. The van der Waals surface area contributed by atoms with E-state index >= 15 is 0 Å². The summed E-state index contributed by atoms with van der Waals surface area (Å²) >= 11 is 0. The predicted molar refractivity (Wildman–Crippen MR) is 116 cm³/mol. The van der Waals surface area contributed by atoms with Gasteiger partial charge in [-0.1, -0.05) is 6.07 Å². The highest BCUT2D eigenvalue weighted by molar-refractivity contribution is 7.89. The Hall–Kier alpha value is -2.58. The number of hydrogen-bond donors (Lipinski definition) is 0. The molecule has 1 unspecified atom stereocenters. The first-order valence-electron chi connectivity index (χ1n) is 10.9. The van der Waals surface area contributed by atoms with Crippen LogP contribution >= 0.6 is 0 Å². The van der Waals surface area contributed by atoms with Gasteiger partial charge in [0.05, 0.1) is 24.2 Å². The van der Waals surface area contributed by atoms with Gasteiger partial charge in [-0.05, 0) is 61.2 Å². The maximum absolute atomic E-state index is 13.4. The van der Waals surface area contributed by atoms with E-state index in [1.165, 1.54) is 0 Å². The smallest absolute Gasteiger partial charge is 0.243 e. The van der Waals surface area contributed by atoms with Crippen molar-refractivity contribution in [2.45, 2.75) is 43.0 Å². The fraction of sp³-hybridized carbons (Fsp3) is 0.435. The van der Waals surface area contributed by atoms with Crippen LogP contribution in [0.3, 0.4) is 0 Å². The second-order valence-corrected chi connectivity index (χ2v) is 10.1. The monoisotopic (exact) mass is 442 g/mol. The second kappa shape index (κ2) is 8.16. The second-order valence-electron chi connectivity index (χ2n) is 8.17. The summed E-state index contributed by atoms with van der Waals surface area (Å²) in [5.74, 6) is 1.48. The normalized spacial score (nSPS) is 22.0. The van der Waals surface area contributed by atoms with Crippen LogP contribution in [0.1, 0.15) is 43.7 Å². The Balaban J connectivity index is 1.41. The van der Waals surface area contributed by atoms with Crippen molar-refractivity contribution in [2.24, 2.45) is 0 Å². The third-order valence-electron chi connectivity index (χ3n) is 6.19. The molecule has 0 spiro atoms. The largest absolute Gasteiger partial charge is 0.490 e. The fourth-order valence-electron chi connectivity index (χ4n) is 4.60. The van der Waals surface area contributed by atoms with Crippen molar-refractivity contribution < 1.29 is 22.7 Å². The Morgan fingerprint density at radius 2 is 1.65 bits per heavy atom. The molecule has 3 heterocycles. The minimum absolute atomic E-state index is 0.0876. The predicted octanol–water partition coefficient (Wildman–Crippen LogP) is 3.50. The van der Waals surface area contributed by atoms with Crippen molar-refractivity contribution in [3.63, 3.8) is 0 Å². The van der Waals surface area contributed by atoms with Gasteiger partial charge in [-0.15, -0.1) is 0 Å². The molecule has 2 saturated heterocycles. The van der Waals surface area contributed by atoms with Gasteiger partial charge in [-0.2, -0.15) is 4.31 Å². The number of hydrogen-bond acceptors (Lipinski definition) is 5. The molecule has 0 aromatic heterocycles. The third-order valence-corrected chi connectivity index (χ3v) is 8.11. The first kappa shape index (κ1) is 20.3. The molecule has 1 amide bonds. The van der Waals surface area contributed by atoms with Gasteiger partial charge in [-0.25, -0.2) is 8.42 Å². The molecule has 0 radical (unpaired) electrons. The molecule has 2 fully saturated rings. The lowest BCUT2D eigenvalue weighted by atomic mass is 10.0. The maximum atomic E-state index is 13.4. The van der Waals surface area contributed by atoms with E-state index in [0.29, 0.717) is 44.2 Å². The van der Waals surface area contributed by atoms with E-state index in [9.17, 15) is 13.2 Å². The lowest BCUT2D eigenvalue weighted by Crippen LogP contribution is -2.31. The lowest BCUT2D eigenvalue weighted by Gasteiger charge is -2.25. The number of anilines is 1. The summed E-state index contributed by atoms with van der Waals surface area (Å²) in [5, 5.41) is 0. The van der Waals surface area contributed by atoms with Crippen molar-refractivity contribution in [2.75, 3.05) is 31.2 Å². The molecule has 0 N–H and O–H groups in total. The van der Waals surface area contributed by atoms with Crippen molar-refractivity contribution in [1.29, 1.82) is 0 Å². The number of nitrogens with zero attached hydrogens (tertiary/aromatic N) is 2. The number of sulfonamides is 1. The van der Waals surface area contributed by atoms with Crippen LogP contribution in [-0.2, 0) is 14.8 Å². The van der Waals surface area contributed by atoms with Crippen LogP contribution in [0.5, 0.6) is 11.5 Å². The third kappa shape index (κ3) is 3.78. The van der Waals surface area contributed by atoms with Gasteiger partial charge < -0.3 is 14.4 Å². The molecule has 2 aromatic carbocycles. The quantitative estimate of drug-likeness (QED) is 0.724. The highest BCUT2D eigenvalue weighted by Gasteiger charge is 2.37. The van der Waals surface area contributed by atoms with E-state index in [-0.39, 0.29) is 16.8 Å². The number of ether oxygens (including phenoxy) is 2. The van der Waals surface area contributed by atoms with Crippen molar-refractivity contribution >= 4 is 21.6 Å². The summed E-state index contributed by atoms with van der Waals surface area (Å²) in [6.45, 7) is 2.38. The topological polar surface area (TPSA) is 76.2 Å². The molecule has 1 atom stereocenters. The molecule has 0 saturated carbocycles. The molecule has 2 aromatic rings. The molecular weight excluding hydrogens is 416 g/mol. The Morgan fingerprint density at radius 3 is 2.39 bits per heavy atom. The Kier molecular flexibility index (Phi) is 5.35. The molecule has 5 rings (SSSR count).